The lowest BCUT2D eigenvalue weighted by Gasteiger charge is -2.27. The molecule has 1 aliphatic carbocycles. The summed E-state index contributed by atoms with van der Waals surface area (Å²) < 4.78 is 10.1. The third-order valence-corrected chi connectivity index (χ3v) is 3.47. The zero-order valence-electron chi connectivity index (χ0n) is 11.0. The van der Waals surface area contributed by atoms with E-state index in [-0.39, 0.29) is 5.97 Å². The van der Waals surface area contributed by atoms with E-state index in [1.165, 1.54) is 7.11 Å². The maximum absolute atomic E-state index is 11.7. The lowest BCUT2D eigenvalue weighted by atomic mass is 10.1. The molecule has 1 aromatic rings. The molecular formula is C13H17N3O3. The highest BCUT2D eigenvalue weighted by Crippen LogP contribution is 2.41. The van der Waals surface area contributed by atoms with Crippen LogP contribution in [0, 0.1) is 0 Å². The molecule has 0 N–H and O–H groups in total. The fraction of sp³-hybridized carbons (Fsp3) is 0.615. The van der Waals surface area contributed by atoms with Gasteiger partial charge < -0.3 is 14.4 Å². The number of nitrogens with zero attached hydrogens (tertiary/aromatic N) is 3. The fourth-order valence-electron chi connectivity index (χ4n) is 2.24. The number of rotatable bonds is 3. The first-order valence-electron chi connectivity index (χ1n) is 6.57. The molecule has 2 aliphatic rings. The number of morpholine rings is 1. The zero-order valence-corrected chi connectivity index (χ0v) is 11.0. The van der Waals surface area contributed by atoms with Crippen LogP contribution in [0.4, 0.5) is 5.95 Å². The first-order chi connectivity index (χ1) is 9.29. The molecule has 2 fully saturated rings. The molecule has 0 aromatic carbocycles. The van der Waals surface area contributed by atoms with Gasteiger partial charge in [-0.1, -0.05) is 0 Å². The minimum Gasteiger partial charge on any atom is -0.465 e. The Balaban J connectivity index is 1.90. The number of anilines is 1. The molecular weight excluding hydrogens is 246 g/mol. The lowest BCUT2D eigenvalue weighted by Crippen LogP contribution is -2.37. The third kappa shape index (κ3) is 2.53. The SMILES string of the molecule is COC(=O)c1cnc(N2CCOCC2)nc1C1CC1. The summed E-state index contributed by atoms with van der Waals surface area (Å²) in [4.78, 5) is 22.7. The van der Waals surface area contributed by atoms with Gasteiger partial charge in [0.1, 0.15) is 0 Å². The van der Waals surface area contributed by atoms with Crippen LogP contribution in [-0.4, -0.2) is 49.4 Å². The number of hydrogen-bond acceptors (Lipinski definition) is 6. The molecule has 2 heterocycles. The van der Waals surface area contributed by atoms with Crippen LogP contribution in [-0.2, 0) is 9.47 Å². The summed E-state index contributed by atoms with van der Waals surface area (Å²) in [5.41, 5.74) is 1.34. The Hall–Kier alpha value is -1.69. The van der Waals surface area contributed by atoms with Crippen LogP contribution < -0.4 is 4.90 Å². The predicted octanol–water partition coefficient (Wildman–Crippen LogP) is 0.977. The summed E-state index contributed by atoms with van der Waals surface area (Å²) in [7, 11) is 1.38. The summed E-state index contributed by atoms with van der Waals surface area (Å²) >= 11 is 0. The smallest absolute Gasteiger partial charge is 0.341 e. The quantitative estimate of drug-likeness (QED) is 0.757. The van der Waals surface area contributed by atoms with E-state index in [1.807, 2.05) is 0 Å². The van der Waals surface area contributed by atoms with Crippen LogP contribution >= 0.6 is 0 Å². The van der Waals surface area contributed by atoms with Gasteiger partial charge in [0.05, 0.1) is 31.6 Å². The molecule has 0 bridgehead atoms. The van der Waals surface area contributed by atoms with Crippen LogP contribution in [0.25, 0.3) is 0 Å². The molecule has 6 heteroatoms. The molecule has 0 spiro atoms. The molecule has 19 heavy (non-hydrogen) atoms. The first kappa shape index (κ1) is 12.3. The van der Waals surface area contributed by atoms with Gasteiger partial charge in [-0.05, 0) is 12.8 Å². The highest BCUT2D eigenvalue weighted by Gasteiger charge is 2.31. The second-order valence-corrected chi connectivity index (χ2v) is 4.83. The molecule has 1 aliphatic heterocycles. The fourth-order valence-corrected chi connectivity index (χ4v) is 2.24. The molecule has 1 saturated carbocycles. The Morgan fingerprint density at radius 2 is 2.16 bits per heavy atom. The van der Waals surface area contributed by atoms with Gasteiger partial charge in [0.25, 0.3) is 0 Å². The second kappa shape index (κ2) is 5.13. The third-order valence-electron chi connectivity index (χ3n) is 3.47. The van der Waals surface area contributed by atoms with Crippen LogP contribution in [0.15, 0.2) is 6.20 Å². The Morgan fingerprint density at radius 1 is 1.42 bits per heavy atom. The zero-order chi connectivity index (χ0) is 13.2. The summed E-state index contributed by atoms with van der Waals surface area (Å²) in [6, 6.07) is 0. The Labute approximate surface area is 111 Å². The Kier molecular flexibility index (Phi) is 3.33. The maximum Gasteiger partial charge on any atom is 0.341 e. The Morgan fingerprint density at radius 3 is 2.79 bits per heavy atom. The van der Waals surface area contributed by atoms with Gasteiger partial charge in [0.15, 0.2) is 0 Å². The van der Waals surface area contributed by atoms with Crippen LogP contribution in [0.5, 0.6) is 0 Å². The average Bonchev–Trinajstić information content (AvgIpc) is 3.31. The molecule has 0 unspecified atom stereocenters. The Bertz CT molecular complexity index is 482. The minimum atomic E-state index is -0.351. The molecule has 0 radical (unpaired) electrons. The van der Waals surface area contributed by atoms with E-state index in [4.69, 9.17) is 9.47 Å². The maximum atomic E-state index is 11.7. The summed E-state index contributed by atoms with van der Waals surface area (Å²) in [5, 5.41) is 0. The number of methoxy groups -OCH3 is 1. The van der Waals surface area contributed by atoms with Crippen molar-refractivity contribution in [3.63, 3.8) is 0 Å². The molecule has 1 aromatic heterocycles. The van der Waals surface area contributed by atoms with Crippen molar-refractivity contribution >= 4 is 11.9 Å². The van der Waals surface area contributed by atoms with Gasteiger partial charge >= 0.3 is 5.97 Å². The van der Waals surface area contributed by atoms with Crippen molar-refractivity contribution in [3.05, 3.63) is 17.5 Å². The average molecular weight is 263 g/mol. The van der Waals surface area contributed by atoms with Crippen LogP contribution in [0.1, 0.15) is 34.8 Å². The highest BCUT2D eigenvalue weighted by atomic mass is 16.5. The highest BCUT2D eigenvalue weighted by molar-refractivity contribution is 5.90. The number of esters is 1. The molecule has 0 atom stereocenters. The second-order valence-electron chi connectivity index (χ2n) is 4.83. The van der Waals surface area contributed by atoms with Crippen LogP contribution in [0.3, 0.4) is 0 Å². The summed E-state index contributed by atoms with van der Waals surface area (Å²) in [5.74, 6) is 0.727. The summed E-state index contributed by atoms with van der Waals surface area (Å²) in [6.45, 7) is 2.98. The van der Waals surface area contributed by atoms with Crippen molar-refractivity contribution in [3.8, 4) is 0 Å². The predicted molar refractivity (Wildman–Crippen MR) is 68.4 cm³/mol. The number of hydrogen-bond donors (Lipinski definition) is 0. The van der Waals surface area contributed by atoms with Crippen molar-refractivity contribution in [1.29, 1.82) is 0 Å². The van der Waals surface area contributed by atoms with Gasteiger partial charge in [-0.2, -0.15) is 0 Å². The monoisotopic (exact) mass is 263 g/mol. The largest absolute Gasteiger partial charge is 0.465 e. The van der Waals surface area contributed by atoms with E-state index in [1.54, 1.807) is 6.20 Å². The molecule has 1 saturated heterocycles. The van der Waals surface area contributed by atoms with Gasteiger partial charge in [0.2, 0.25) is 5.95 Å². The van der Waals surface area contributed by atoms with Crippen molar-refractivity contribution in [2.45, 2.75) is 18.8 Å². The van der Waals surface area contributed by atoms with Crippen molar-refractivity contribution in [2.75, 3.05) is 38.3 Å². The first-order valence-corrected chi connectivity index (χ1v) is 6.57. The molecule has 102 valence electrons. The van der Waals surface area contributed by atoms with E-state index in [9.17, 15) is 4.79 Å². The normalized spacial score (nSPS) is 19.3. The van der Waals surface area contributed by atoms with E-state index in [2.05, 4.69) is 14.9 Å². The van der Waals surface area contributed by atoms with E-state index < -0.39 is 0 Å². The van der Waals surface area contributed by atoms with E-state index >= 15 is 0 Å². The van der Waals surface area contributed by atoms with Crippen molar-refractivity contribution in [2.24, 2.45) is 0 Å². The topological polar surface area (TPSA) is 64.5 Å². The lowest BCUT2D eigenvalue weighted by molar-refractivity contribution is 0.0598. The van der Waals surface area contributed by atoms with Gasteiger partial charge in [-0.25, -0.2) is 14.8 Å². The minimum absolute atomic E-state index is 0.351. The molecule has 3 rings (SSSR count). The van der Waals surface area contributed by atoms with E-state index in [0.29, 0.717) is 30.6 Å². The molecule has 6 nitrogen and oxygen atoms in total. The number of carbonyl (C=O) groups is 1. The number of carbonyl (C=O) groups excluding carboxylic acids is 1. The van der Waals surface area contributed by atoms with Crippen molar-refractivity contribution in [1.82, 2.24) is 9.97 Å². The van der Waals surface area contributed by atoms with Gasteiger partial charge in [0, 0.05) is 25.2 Å². The van der Waals surface area contributed by atoms with Gasteiger partial charge in [-0.3, -0.25) is 0 Å². The standard InChI is InChI=1S/C13H17N3O3/c1-18-12(17)10-8-14-13(15-11(10)9-2-3-9)16-4-6-19-7-5-16/h8-9H,2-7H2,1H3. The molecule has 0 amide bonds. The van der Waals surface area contributed by atoms with Gasteiger partial charge in [-0.15, -0.1) is 0 Å². The number of ether oxygens (including phenoxy) is 2. The van der Waals surface area contributed by atoms with Crippen LogP contribution in [0.2, 0.25) is 0 Å². The van der Waals surface area contributed by atoms with E-state index in [0.717, 1.165) is 31.6 Å². The summed E-state index contributed by atoms with van der Waals surface area (Å²) in [6.07, 6.45) is 3.77. The van der Waals surface area contributed by atoms with Crippen molar-refractivity contribution < 1.29 is 14.3 Å². The number of aromatic nitrogens is 2.